The van der Waals surface area contributed by atoms with E-state index in [1.807, 2.05) is 0 Å². The number of nitrogens with one attached hydrogen (secondary N) is 1. The van der Waals surface area contributed by atoms with Gasteiger partial charge >= 0.3 is 5.97 Å². The highest BCUT2D eigenvalue weighted by Gasteiger charge is 2.19. The van der Waals surface area contributed by atoms with Crippen molar-refractivity contribution in [3.8, 4) is 16.9 Å². The predicted molar refractivity (Wildman–Crippen MR) is 97.3 cm³/mol. The molecule has 2 aromatic carbocycles. The van der Waals surface area contributed by atoms with Crippen LogP contribution in [0.4, 0.5) is 4.39 Å². The number of rotatable bonds is 6. The van der Waals surface area contributed by atoms with Crippen LogP contribution in [0.15, 0.2) is 42.5 Å². The van der Waals surface area contributed by atoms with Gasteiger partial charge in [0.05, 0.1) is 26.1 Å². The van der Waals surface area contributed by atoms with Crippen LogP contribution in [0, 0.1) is 5.82 Å². The van der Waals surface area contributed by atoms with Gasteiger partial charge in [-0.25, -0.2) is 4.39 Å². The maximum atomic E-state index is 13.2. The van der Waals surface area contributed by atoms with Crippen molar-refractivity contribution in [2.24, 2.45) is 5.73 Å². The number of methoxy groups -OCH3 is 1. The lowest BCUT2D eigenvalue weighted by atomic mass is 9.97. The van der Waals surface area contributed by atoms with Crippen LogP contribution in [0.25, 0.3) is 11.1 Å². The van der Waals surface area contributed by atoms with Gasteiger partial charge in [-0.15, -0.1) is 12.4 Å². The molecule has 0 radical (unpaired) electrons. The Kier molecular flexibility index (Phi) is 8.02. The lowest BCUT2D eigenvalue weighted by Crippen LogP contribution is -2.35. The number of benzene rings is 2. The van der Waals surface area contributed by atoms with E-state index in [-0.39, 0.29) is 31.1 Å². The van der Waals surface area contributed by atoms with E-state index in [0.29, 0.717) is 16.7 Å². The minimum absolute atomic E-state index is 0. The summed E-state index contributed by atoms with van der Waals surface area (Å²) >= 11 is 0. The standard InChI is InChI=1S/C18H19FN2O4.ClH/c1-25-18(24)9-15(21-17(23)10-20)12-4-2-3-11(7-12)14-6-5-13(19)8-16(14)22;/h2-8,15,22H,9-10,20H2,1H3,(H,21,23);1H. The smallest absolute Gasteiger partial charge is 0.307 e. The highest BCUT2D eigenvalue weighted by Crippen LogP contribution is 2.31. The molecule has 1 unspecified atom stereocenters. The van der Waals surface area contributed by atoms with Crippen LogP contribution >= 0.6 is 12.4 Å². The highest BCUT2D eigenvalue weighted by atomic mass is 35.5. The van der Waals surface area contributed by atoms with E-state index in [4.69, 9.17) is 5.73 Å². The van der Waals surface area contributed by atoms with Crippen LogP contribution in [-0.2, 0) is 14.3 Å². The fourth-order valence-electron chi connectivity index (χ4n) is 2.43. The van der Waals surface area contributed by atoms with Crippen LogP contribution in [0.2, 0.25) is 0 Å². The van der Waals surface area contributed by atoms with E-state index in [2.05, 4.69) is 10.1 Å². The first kappa shape index (κ1) is 21.4. The van der Waals surface area contributed by atoms with Crippen LogP contribution in [-0.4, -0.2) is 30.6 Å². The van der Waals surface area contributed by atoms with E-state index in [1.165, 1.54) is 19.2 Å². The molecule has 26 heavy (non-hydrogen) atoms. The van der Waals surface area contributed by atoms with Crippen LogP contribution in [0.5, 0.6) is 5.75 Å². The van der Waals surface area contributed by atoms with E-state index in [0.717, 1.165) is 6.07 Å². The number of hydrogen-bond acceptors (Lipinski definition) is 5. The van der Waals surface area contributed by atoms with Crippen LogP contribution in [0.3, 0.4) is 0 Å². The number of carbonyl (C=O) groups excluding carboxylic acids is 2. The second-order valence-corrected chi connectivity index (χ2v) is 5.39. The number of halogens is 2. The second kappa shape index (κ2) is 9.74. The first-order valence-corrected chi connectivity index (χ1v) is 7.59. The van der Waals surface area contributed by atoms with Gasteiger partial charge in [0.2, 0.25) is 5.91 Å². The summed E-state index contributed by atoms with van der Waals surface area (Å²) in [4.78, 5) is 23.3. The monoisotopic (exact) mass is 382 g/mol. The molecule has 2 rings (SSSR count). The molecule has 0 saturated carbocycles. The number of phenolic OH excluding ortho intramolecular Hbond substituents is 1. The van der Waals surface area contributed by atoms with Crippen molar-refractivity contribution in [1.82, 2.24) is 5.32 Å². The van der Waals surface area contributed by atoms with Crippen molar-refractivity contribution >= 4 is 24.3 Å². The van der Waals surface area contributed by atoms with Crippen molar-refractivity contribution in [2.45, 2.75) is 12.5 Å². The van der Waals surface area contributed by atoms with Gasteiger partial charge in [0.15, 0.2) is 0 Å². The Morgan fingerprint density at radius 3 is 2.62 bits per heavy atom. The molecular weight excluding hydrogens is 363 g/mol. The summed E-state index contributed by atoms with van der Waals surface area (Å²) in [5.41, 5.74) is 7.01. The lowest BCUT2D eigenvalue weighted by molar-refractivity contribution is -0.141. The Bertz CT molecular complexity index is 768. The van der Waals surface area contributed by atoms with Crippen molar-refractivity contribution in [3.05, 3.63) is 53.8 Å². The average molecular weight is 383 g/mol. The third kappa shape index (κ3) is 5.44. The quantitative estimate of drug-likeness (QED) is 0.665. The third-order valence-corrected chi connectivity index (χ3v) is 3.68. The summed E-state index contributed by atoms with van der Waals surface area (Å²) in [5.74, 6) is -1.65. The molecule has 140 valence electrons. The van der Waals surface area contributed by atoms with E-state index < -0.39 is 23.7 Å². The zero-order valence-corrected chi connectivity index (χ0v) is 14.9. The molecule has 1 atom stereocenters. The van der Waals surface area contributed by atoms with E-state index >= 15 is 0 Å². The Labute approximate surface area is 156 Å². The Balaban J connectivity index is 0.00000338. The summed E-state index contributed by atoms with van der Waals surface area (Å²) in [7, 11) is 1.26. The van der Waals surface area contributed by atoms with Crippen LogP contribution < -0.4 is 11.1 Å². The normalized spacial score (nSPS) is 11.2. The lowest BCUT2D eigenvalue weighted by Gasteiger charge is -2.19. The number of ether oxygens (including phenoxy) is 1. The molecule has 8 heteroatoms. The fraction of sp³-hybridized carbons (Fsp3) is 0.222. The summed E-state index contributed by atoms with van der Waals surface area (Å²) < 4.78 is 17.8. The number of hydrogen-bond donors (Lipinski definition) is 3. The topological polar surface area (TPSA) is 102 Å². The van der Waals surface area contributed by atoms with Crippen molar-refractivity contribution in [1.29, 1.82) is 0 Å². The van der Waals surface area contributed by atoms with Gasteiger partial charge in [-0.05, 0) is 29.3 Å². The molecule has 0 fully saturated rings. The van der Waals surface area contributed by atoms with Crippen molar-refractivity contribution in [3.63, 3.8) is 0 Å². The molecule has 0 heterocycles. The van der Waals surface area contributed by atoms with Gasteiger partial charge in [-0.3, -0.25) is 9.59 Å². The average Bonchev–Trinajstić information content (AvgIpc) is 2.60. The Hall–Kier alpha value is -2.64. The summed E-state index contributed by atoms with van der Waals surface area (Å²) in [6.07, 6.45) is -0.0684. The molecular formula is C18H20ClFN2O4. The zero-order chi connectivity index (χ0) is 18.4. The van der Waals surface area contributed by atoms with Gasteiger partial charge in [0, 0.05) is 11.6 Å². The SMILES string of the molecule is COC(=O)CC(NC(=O)CN)c1cccc(-c2ccc(F)cc2O)c1.Cl. The third-order valence-electron chi connectivity index (χ3n) is 3.68. The Morgan fingerprint density at radius 2 is 2.00 bits per heavy atom. The molecule has 0 aliphatic heterocycles. The summed E-state index contributed by atoms with van der Waals surface area (Å²) in [6, 6.07) is 9.96. The number of nitrogens with two attached hydrogens (primary N) is 1. The zero-order valence-electron chi connectivity index (χ0n) is 14.1. The second-order valence-electron chi connectivity index (χ2n) is 5.39. The maximum Gasteiger partial charge on any atom is 0.307 e. The highest BCUT2D eigenvalue weighted by molar-refractivity contribution is 5.85. The van der Waals surface area contributed by atoms with Gasteiger partial charge < -0.3 is 20.9 Å². The molecule has 0 bridgehead atoms. The molecule has 0 spiro atoms. The fourth-order valence-corrected chi connectivity index (χ4v) is 2.43. The van der Waals surface area contributed by atoms with Gasteiger partial charge in [-0.2, -0.15) is 0 Å². The van der Waals surface area contributed by atoms with Gasteiger partial charge in [-0.1, -0.05) is 18.2 Å². The van der Waals surface area contributed by atoms with Gasteiger partial charge in [0.25, 0.3) is 0 Å². The van der Waals surface area contributed by atoms with Crippen molar-refractivity contribution in [2.75, 3.05) is 13.7 Å². The number of amides is 1. The molecule has 0 aromatic heterocycles. The minimum Gasteiger partial charge on any atom is -0.507 e. The number of esters is 1. The van der Waals surface area contributed by atoms with Gasteiger partial charge in [0.1, 0.15) is 11.6 Å². The van der Waals surface area contributed by atoms with Crippen LogP contribution in [0.1, 0.15) is 18.0 Å². The number of aromatic hydroxyl groups is 1. The molecule has 0 aliphatic rings. The molecule has 0 saturated heterocycles. The maximum absolute atomic E-state index is 13.2. The largest absolute Gasteiger partial charge is 0.507 e. The summed E-state index contributed by atoms with van der Waals surface area (Å²) in [5, 5.41) is 12.6. The van der Waals surface area contributed by atoms with E-state index in [1.54, 1.807) is 24.3 Å². The summed E-state index contributed by atoms with van der Waals surface area (Å²) in [6.45, 7) is -0.212. The molecule has 4 N–H and O–H groups in total. The molecule has 6 nitrogen and oxygen atoms in total. The minimum atomic E-state index is -0.633. The van der Waals surface area contributed by atoms with Crippen molar-refractivity contribution < 1.29 is 23.8 Å². The van der Waals surface area contributed by atoms with E-state index in [9.17, 15) is 19.1 Å². The predicted octanol–water partition coefficient (Wildman–Crippen LogP) is 2.30. The molecule has 2 aromatic rings. The molecule has 0 aliphatic carbocycles. The Morgan fingerprint density at radius 1 is 1.27 bits per heavy atom. The number of phenols is 1. The number of carbonyl (C=O) groups is 2. The first-order valence-electron chi connectivity index (χ1n) is 7.59. The first-order chi connectivity index (χ1) is 11.9. The molecule has 1 amide bonds.